The van der Waals surface area contributed by atoms with Gasteiger partial charge in [-0.2, -0.15) is 0 Å². The Hall–Kier alpha value is -1.43. The van der Waals surface area contributed by atoms with E-state index in [1.807, 2.05) is 20.8 Å². The number of ether oxygens (including phenoxy) is 1. The smallest absolute Gasteiger partial charge is 0.359 e. The first-order chi connectivity index (χ1) is 7.87. The van der Waals surface area contributed by atoms with Gasteiger partial charge in [0.15, 0.2) is 11.3 Å². The maximum Gasteiger partial charge on any atom is 0.359 e. The van der Waals surface area contributed by atoms with Crippen molar-refractivity contribution in [3.63, 3.8) is 0 Å². The van der Waals surface area contributed by atoms with Crippen LogP contribution in [0.2, 0.25) is 0 Å². The lowest BCUT2D eigenvalue weighted by molar-refractivity contribution is 0.00636. The van der Waals surface area contributed by atoms with Crippen LogP contribution in [-0.2, 0) is 4.74 Å². The first-order valence-electron chi connectivity index (χ1n) is 5.09. The molecule has 0 N–H and O–H groups in total. The molecule has 6 heteroatoms. The van der Waals surface area contributed by atoms with Crippen LogP contribution >= 0.6 is 15.9 Å². The van der Waals surface area contributed by atoms with Gasteiger partial charge in [-0.25, -0.2) is 14.8 Å². The molecule has 0 aliphatic rings. The molecule has 0 amide bonds. The van der Waals surface area contributed by atoms with Crippen LogP contribution in [0.5, 0.6) is 0 Å². The van der Waals surface area contributed by atoms with Crippen molar-refractivity contribution in [2.45, 2.75) is 26.4 Å². The Labute approximate surface area is 107 Å². The molecule has 0 bridgehead atoms. The molecule has 0 saturated heterocycles. The highest BCUT2D eigenvalue weighted by atomic mass is 79.9. The minimum absolute atomic E-state index is 0.272. The summed E-state index contributed by atoms with van der Waals surface area (Å²) in [5.74, 6) is -0.437. The van der Waals surface area contributed by atoms with Gasteiger partial charge >= 0.3 is 5.97 Å². The summed E-state index contributed by atoms with van der Waals surface area (Å²) in [6.45, 7) is 5.45. The molecule has 0 unspecified atom stereocenters. The predicted molar refractivity (Wildman–Crippen MR) is 65.9 cm³/mol. The Morgan fingerprint density at radius 2 is 2.18 bits per heavy atom. The van der Waals surface area contributed by atoms with E-state index < -0.39 is 11.6 Å². The molecule has 0 saturated carbocycles. The molecule has 90 valence electrons. The second-order valence-electron chi connectivity index (χ2n) is 4.58. The number of carbonyl (C=O) groups is 1. The molecule has 0 atom stereocenters. The molecule has 0 radical (unpaired) electrons. The summed E-state index contributed by atoms with van der Waals surface area (Å²) in [6.07, 6.45) is 4.97. The van der Waals surface area contributed by atoms with E-state index in [4.69, 9.17) is 4.74 Å². The Kier molecular flexibility index (Phi) is 2.91. The number of esters is 1. The zero-order chi connectivity index (χ0) is 12.6. The van der Waals surface area contributed by atoms with E-state index >= 15 is 0 Å². The number of carbonyl (C=O) groups excluding carboxylic acids is 1. The topological polar surface area (TPSA) is 56.5 Å². The van der Waals surface area contributed by atoms with Gasteiger partial charge < -0.3 is 9.14 Å². The van der Waals surface area contributed by atoms with E-state index in [9.17, 15) is 4.79 Å². The third-order valence-corrected chi connectivity index (χ3v) is 2.50. The minimum Gasteiger partial charge on any atom is -0.455 e. The van der Waals surface area contributed by atoms with E-state index in [-0.39, 0.29) is 5.69 Å². The lowest BCUT2D eigenvalue weighted by Gasteiger charge is -2.18. The quantitative estimate of drug-likeness (QED) is 0.759. The maximum atomic E-state index is 11.8. The summed E-state index contributed by atoms with van der Waals surface area (Å²) in [6, 6.07) is 0. The van der Waals surface area contributed by atoms with Gasteiger partial charge in [-0.3, -0.25) is 0 Å². The van der Waals surface area contributed by atoms with Crippen LogP contribution in [0.25, 0.3) is 5.65 Å². The Bertz CT molecular complexity index is 572. The molecule has 17 heavy (non-hydrogen) atoms. The Balaban J connectivity index is 2.37. The molecule has 5 nitrogen and oxygen atoms in total. The number of aromatic nitrogens is 3. The maximum absolute atomic E-state index is 11.8. The van der Waals surface area contributed by atoms with Crippen molar-refractivity contribution in [2.75, 3.05) is 0 Å². The summed E-state index contributed by atoms with van der Waals surface area (Å²) < 4.78 is 7.55. The molecular formula is C11H12BrN3O2. The van der Waals surface area contributed by atoms with Crippen molar-refractivity contribution in [3.8, 4) is 0 Å². The van der Waals surface area contributed by atoms with Crippen LogP contribution in [0.1, 0.15) is 31.3 Å². The largest absolute Gasteiger partial charge is 0.455 e. The minimum atomic E-state index is -0.525. The third kappa shape index (κ3) is 2.63. The van der Waals surface area contributed by atoms with Gasteiger partial charge in [0.2, 0.25) is 0 Å². The summed E-state index contributed by atoms with van der Waals surface area (Å²) in [5, 5.41) is 0. The Morgan fingerprint density at radius 1 is 1.47 bits per heavy atom. The SMILES string of the molecule is CC(C)(C)OC(=O)c1cn2ccnc(Br)c2n1. The summed E-state index contributed by atoms with van der Waals surface area (Å²) in [5.41, 5.74) is 0.338. The lowest BCUT2D eigenvalue weighted by atomic mass is 10.2. The first kappa shape index (κ1) is 12.0. The highest BCUT2D eigenvalue weighted by Gasteiger charge is 2.20. The average Bonchev–Trinajstić information content (AvgIpc) is 2.60. The second-order valence-corrected chi connectivity index (χ2v) is 5.33. The van der Waals surface area contributed by atoms with Crippen LogP contribution in [0.3, 0.4) is 0 Å². The molecule has 0 aromatic carbocycles. The van der Waals surface area contributed by atoms with E-state index in [0.717, 1.165) is 0 Å². The number of fused-ring (bicyclic) bond motifs is 1. The third-order valence-electron chi connectivity index (χ3n) is 1.94. The standard InChI is InChI=1S/C11H12BrN3O2/c1-11(2,3)17-10(16)7-6-15-5-4-13-8(12)9(15)14-7/h4-6H,1-3H3. The Morgan fingerprint density at radius 3 is 2.76 bits per heavy atom. The molecule has 2 heterocycles. The van der Waals surface area contributed by atoms with Gasteiger partial charge in [0, 0.05) is 18.6 Å². The van der Waals surface area contributed by atoms with Crippen molar-refractivity contribution in [3.05, 3.63) is 28.9 Å². The van der Waals surface area contributed by atoms with Crippen LogP contribution in [-0.4, -0.2) is 25.9 Å². The van der Waals surface area contributed by atoms with Crippen LogP contribution in [0.4, 0.5) is 0 Å². The van der Waals surface area contributed by atoms with Gasteiger partial charge in [-0.05, 0) is 36.7 Å². The highest BCUT2D eigenvalue weighted by molar-refractivity contribution is 9.10. The molecular weight excluding hydrogens is 286 g/mol. The fraction of sp³-hybridized carbons (Fsp3) is 0.364. The van der Waals surface area contributed by atoms with E-state index in [1.54, 1.807) is 23.0 Å². The van der Waals surface area contributed by atoms with Crippen LogP contribution in [0, 0.1) is 0 Å². The van der Waals surface area contributed by atoms with Gasteiger partial charge in [0.1, 0.15) is 10.2 Å². The summed E-state index contributed by atoms with van der Waals surface area (Å²) in [4.78, 5) is 20.0. The molecule has 0 aliphatic heterocycles. The van der Waals surface area contributed by atoms with Gasteiger partial charge in [-0.1, -0.05) is 0 Å². The molecule has 0 aliphatic carbocycles. The van der Waals surface area contributed by atoms with Crippen molar-refractivity contribution in [2.24, 2.45) is 0 Å². The van der Waals surface area contributed by atoms with Crippen molar-refractivity contribution in [1.29, 1.82) is 0 Å². The molecule has 0 spiro atoms. The second kappa shape index (κ2) is 4.10. The monoisotopic (exact) mass is 297 g/mol. The lowest BCUT2D eigenvalue weighted by Crippen LogP contribution is -2.24. The number of rotatable bonds is 1. The zero-order valence-corrected chi connectivity index (χ0v) is 11.4. The number of imidazole rings is 1. The van der Waals surface area contributed by atoms with Gasteiger partial charge in [0.05, 0.1) is 0 Å². The van der Waals surface area contributed by atoms with Gasteiger partial charge in [-0.15, -0.1) is 0 Å². The predicted octanol–water partition coefficient (Wildman–Crippen LogP) is 2.45. The fourth-order valence-corrected chi connectivity index (χ4v) is 1.73. The summed E-state index contributed by atoms with van der Waals surface area (Å²) >= 11 is 3.27. The number of halogens is 1. The van der Waals surface area contributed by atoms with E-state index in [0.29, 0.717) is 10.3 Å². The first-order valence-corrected chi connectivity index (χ1v) is 5.89. The highest BCUT2D eigenvalue weighted by Crippen LogP contribution is 2.16. The number of hydrogen-bond donors (Lipinski definition) is 0. The number of hydrogen-bond acceptors (Lipinski definition) is 4. The van der Waals surface area contributed by atoms with E-state index in [2.05, 4.69) is 25.9 Å². The fourth-order valence-electron chi connectivity index (χ4n) is 1.32. The van der Waals surface area contributed by atoms with Crippen molar-refractivity contribution in [1.82, 2.24) is 14.4 Å². The molecule has 2 rings (SSSR count). The molecule has 2 aromatic rings. The van der Waals surface area contributed by atoms with Crippen LogP contribution < -0.4 is 0 Å². The normalized spacial score (nSPS) is 11.8. The van der Waals surface area contributed by atoms with E-state index in [1.165, 1.54) is 0 Å². The summed E-state index contributed by atoms with van der Waals surface area (Å²) in [7, 11) is 0. The van der Waals surface area contributed by atoms with Crippen LogP contribution in [0.15, 0.2) is 23.2 Å². The molecule has 0 fully saturated rings. The number of nitrogens with zero attached hydrogens (tertiary/aromatic N) is 3. The zero-order valence-electron chi connectivity index (χ0n) is 9.77. The molecule has 2 aromatic heterocycles. The van der Waals surface area contributed by atoms with Crippen molar-refractivity contribution < 1.29 is 9.53 Å². The average molecular weight is 298 g/mol. The van der Waals surface area contributed by atoms with Gasteiger partial charge in [0.25, 0.3) is 0 Å². The van der Waals surface area contributed by atoms with Crippen molar-refractivity contribution >= 4 is 27.5 Å².